The second kappa shape index (κ2) is 4.65. The molecule has 0 aliphatic carbocycles. The standard InChI is InChI=1S/C15H13N3O/c1-11(12-7-3-2-4-8-12)18-15(19)13-9-5-6-10-14(13)16-17-18/h2-11H,1H3. The van der Waals surface area contributed by atoms with E-state index in [4.69, 9.17) is 0 Å². The molecule has 0 fully saturated rings. The molecule has 0 N–H and O–H groups in total. The normalized spacial score (nSPS) is 12.5. The van der Waals surface area contributed by atoms with Gasteiger partial charge in [0.05, 0.1) is 11.4 Å². The number of hydrogen-bond acceptors (Lipinski definition) is 3. The van der Waals surface area contributed by atoms with Crippen LogP contribution in [-0.4, -0.2) is 15.0 Å². The average Bonchev–Trinajstić information content (AvgIpc) is 2.48. The largest absolute Gasteiger partial charge is 0.278 e. The van der Waals surface area contributed by atoms with Crippen LogP contribution in [0.5, 0.6) is 0 Å². The van der Waals surface area contributed by atoms with Gasteiger partial charge in [-0.1, -0.05) is 47.7 Å². The lowest BCUT2D eigenvalue weighted by molar-refractivity contribution is 0.508. The Balaban J connectivity index is 2.16. The number of hydrogen-bond donors (Lipinski definition) is 0. The van der Waals surface area contributed by atoms with Gasteiger partial charge in [0.25, 0.3) is 5.56 Å². The molecule has 1 unspecified atom stereocenters. The van der Waals surface area contributed by atoms with Crippen LogP contribution in [0.15, 0.2) is 59.4 Å². The van der Waals surface area contributed by atoms with E-state index >= 15 is 0 Å². The zero-order chi connectivity index (χ0) is 13.2. The summed E-state index contributed by atoms with van der Waals surface area (Å²) in [5, 5.41) is 8.74. The van der Waals surface area contributed by atoms with E-state index in [1.54, 1.807) is 12.1 Å². The molecule has 94 valence electrons. The van der Waals surface area contributed by atoms with E-state index in [0.29, 0.717) is 10.9 Å². The number of rotatable bonds is 2. The molecule has 0 spiro atoms. The molecule has 0 amide bonds. The highest BCUT2D eigenvalue weighted by atomic mass is 16.1. The molecule has 1 aromatic heterocycles. The Morgan fingerprint density at radius 3 is 2.47 bits per heavy atom. The maximum atomic E-state index is 12.4. The fourth-order valence-corrected chi connectivity index (χ4v) is 2.13. The van der Waals surface area contributed by atoms with Crippen LogP contribution < -0.4 is 5.56 Å². The Hall–Kier alpha value is -2.49. The Bertz CT molecular complexity index is 765. The van der Waals surface area contributed by atoms with Gasteiger partial charge < -0.3 is 0 Å². The van der Waals surface area contributed by atoms with Crippen molar-refractivity contribution in [3.05, 3.63) is 70.5 Å². The fraction of sp³-hybridized carbons (Fsp3) is 0.133. The Labute approximate surface area is 110 Å². The summed E-state index contributed by atoms with van der Waals surface area (Å²) in [5.74, 6) is 0. The smallest absolute Gasteiger partial charge is 0.267 e. The van der Waals surface area contributed by atoms with Gasteiger partial charge >= 0.3 is 0 Å². The molecule has 19 heavy (non-hydrogen) atoms. The van der Waals surface area contributed by atoms with E-state index in [2.05, 4.69) is 10.3 Å². The second-order valence-corrected chi connectivity index (χ2v) is 4.44. The summed E-state index contributed by atoms with van der Waals surface area (Å²) >= 11 is 0. The number of fused-ring (bicyclic) bond motifs is 1. The third-order valence-corrected chi connectivity index (χ3v) is 3.24. The zero-order valence-corrected chi connectivity index (χ0v) is 10.5. The SMILES string of the molecule is CC(c1ccccc1)n1nnc2ccccc2c1=O. The Morgan fingerprint density at radius 2 is 1.68 bits per heavy atom. The van der Waals surface area contributed by atoms with Crippen molar-refractivity contribution in [2.75, 3.05) is 0 Å². The molecular formula is C15H13N3O. The van der Waals surface area contributed by atoms with Crippen LogP contribution in [0.1, 0.15) is 18.5 Å². The van der Waals surface area contributed by atoms with Crippen LogP contribution in [-0.2, 0) is 0 Å². The van der Waals surface area contributed by atoms with E-state index in [1.165, 1.54) is 4.68 Å². The Morgan fingerprint density at radius 1 is 1.00 bits per heavy atom. The molecule has 2 aromatic carbocycles. The lowest BCUT2D eigenvalue weighted by atomic mass is 10.1. The molecule has 3 aromatic rings. The average molecular weight is 251 g/mol. The molecule has 3 rings (SSSR count). The molecule has 1 atom stereocenters. The van der Waals surface area contributed by atoms with Crippen LogP contribution in [0.4, 0.5) is 0 Å². The first-order chi connectivity index (χ1) is 9.27. The molecule has 4 nitrogen and oxygen atoms in total. The molecular weight excluding hydrogens is 238 g/mol. The van der Waals surface area contributed by atoms with Crippen LogP contribution >= 0.6 is 0 Å². The number of benzene rings is 2. The molecule has 0 saturated carbocycles. The van der Waals surface area contributed by atoms with E-state index < -0.39 is 0 Å². The topological polar surface area (TPSA) is 47.8 Å². The summed E-state index contributed by atoms with van der Waals surface area (Å²) < 4.78 is 1.43. The summed E-state index contributed by atoms with van der Waals surface area (Å²) in [6.45, 7) is 1.94. The summed E-state index contributed by atoms with van der Waals surface area (Å²) in [7, 11) is 0. The van der Waals surface area contributed by atoms with Gasteiger partial charge in [-0.25, -0.2) is 4.68 Å². The van der Waals surface area contributed by atoms with Crippen molar-refractivity contribution in [2.24, 2.45) is 0 Å². The third-order valence-electron chi connectivity index (χ3n) is 3.24. The second-order valence-electron chi connectivity index (χ2n) is 4.44. The van der Waals surface area contributed by atoms with Gasteiger partial charge in [0, 0.05) is 0 Å². The van der Waals surface area contributed by atoms with Crippen LogP contribution in [0.3, 0.4) is 0 Å². The van der Waals surface area contributed by atoms with Crippen molar-refractivity contribution in [3.8, 4) is 0 Å². The minimum Gasteiger partial charge on any atom is -0.267 e. The lowest BCUT2D eigenvalue weighted by Gasteiger charge is -2.13. The molecule has 0 bridgehead atoms. The lowest BCUT2D eigenvalue weighted by Crippen LogP contribution is -2.27. The highest BCUT2D eigenvalue weighted by Gasteiger charge is 2.12. The van der Waals surface area contributed by atoms with Gasteiger partial charge in [-0.15, -0.1) is 5.10 Å². The minimum atomic E-state index is -0.134. The molecule has 0 saturated heterocycles. The minimum absolute atomic E-state index is 0.109. The molecule has 1 heterocycles. The highest BCUT2D eigenvalue weighted by Crippen LogP contribution is 2.15. The highest BCUT2D eigenvalue weighted by molar-refractivity contribution is 5.76. The first-order valence-corrected chi connectivity index (χ1v) is 6.16. The molecule has 0 aliphatic heterocycles. The molecule has 4 heteroatoms. The van der Waals surface area contributed by atoms with Gasteiger partial charge in [0.2, 0.25) is 0 Å². The predicted octanol–water partition coefficient (Wildman–Crippen LogP) is 2.40. The summed E-state index contributed by atoms with van der Waals surface area (Å²) in [5.41, 5.74) is 1.56. The van der Waals surface area contributed by atoms with Crippen LogP contribution in [0.2, 0.25) is 0 Å². The van der Waals surface area contributed by atoms with Gasteiger partial charge in [-0.3, -0.25) is 4.79 Å². The fourth-order valence-electron chi connectivity index (χ4n) is 2.13. The van der Waals surface area contributed by atoms with Crippen molar-refractivity contribution in [3.63, 3.8) is 0 Å². The van der Waals surface area contributed by atoms with Crippen molar-refractivity contribution in [1.29, 1.82) is 0 Å². The summed E-state index contributed by atoms with van der Waals surface area (Å²) in [4.78, 5) is 12.4. The van der Waals surface area contributed by atoms with Crippen LogP contribution in [0.25, 0.3) is 10.9 Å². The first kappa shape index (κ1) is 11.6. The van der Waals surface area contributed by atoms with Gasteiger partial charge in [-0.05, 0) is 24.6 Å². The predicted molar refractivity (Wildman–Crippen MR) is 74.1 cm³/mol. The van der Waals surface area contributed by atoms with Crippen molar-refractivity contribution in [2.45, 2.75) is 13.0 Å². The maximum absolute atomic E-state index is 12.4. The Kier molecular flexibility index (Phi) is 2.83. The number of aromatic nitrogens is 3. The van der Waals surface area contributed by atoms with Crippen molar-refractivity contribution < 1.29 is 0 Å². The van der Waals surface area contributed by atoms with Crippen LogP contribution in [0, 0.1) is 0 Å². The van der Waals surface area contributed by atoms with E-state index in [-0.39, 0.29) is 11.6 Å². The van der Waals surface area contributed by atoms with Gasteiger partial charge in [-0.2, -0.15) is 0 Å². The van der Waals surface area contributed by atoms with Crippen molar-refractivity contribution >= 4 is 10.9 Å². The molecule has 0 radical (unpaired) electrons. The molecule has 0 aliphatic rings. The van der Waals surface area contributed by atoms with Gasteiger partial charge in [0.1, 0.15) is 5.52 Å². The summed E-state index contributed by atoms with van der Waals surface area (Å²) in [6.07, 6.45) is 0. The quantitative estimate of drug-likeness (QED) is 0.702. The summed E-state index contributed by atoms with van der Waals surface area (Å²) in [6, 6.07) is 16.9. The van der Waals surface area contributed by atoms with E-state index in [1.807, 2.05) is 49.4 Å². The third kappa shape index (κ3) is 2.01. The first-order valence-electron chi connectivity index (χ1n) is 6.16. The van der Waals surface area contributed by atoms with E-state index in [9.17, 15) is 4.79 Å². The van der Waals surface area contributed by atoms with Crippen molar-refractivity contribution in [1.82, 2.24) is 15.0 Å². The van der Waals surface area contributed by atoms with Gasteiger partial charge in [0.15, 0.2) is 0 Å². The van der Waals surface area contributed by atoms with E-state index in [0.717, 1.165) is 5.56 Å². The number of nitrogens with zero attached hydrogens (tertiary/aromatic N) is 3. The maximum Gasteiger partial charge on any atom is 0.278 e. The monoisotopic (exact) mass is 251 g/mol. The zero-order valence-electron chi connectivity index (χ0n) is 10.5.